The molecule has 104 valence electrons. The van der Waals surface area contributed by atoms with Crippen LogP contribution >= 0.6 is 0 Å². The monoisotopic (exact) mass is 264 g/mol. The highest BCUT2D eigenvalue weighted by Gasteiger charge is 2.17. The molecule has 5 nitrogen and oxygen atoms in total. The summed E-state index contributed by atoms with van der Waals surface area (Å²) < 4.78 is 0. The van der Waals surface area contributed by atoms with Crippen LogP contribution in [0.2, 0.25) is 0 Å². The number of carbonyl (C=O) groups excluding carboxylic acids is 1. The summed E-state index contributed by atoms with van der Waals surface area (Å²) in [6.07, 6.45) is 0. The van der Waals surface area contributed by atoms with Crippen molar-refractivity contribution in [3.05, 3.63) is 29.8 Å². The zero-order valence-electron chi connectivity index (χ0n) is 11.5. The summed E-state index contributed by atoms with van der Waals surface area (Å²) >= 11 is 0. The lowest BCUT2D eigenvalue weighted by Gasteiger charge is -2.23. The van der Waals surface area contributed by atoms with E-state index in [0.29, 0.717) is 6.54 Å². The highest BCUT2D eigenvalue weighted by atomic mass is 16.4. The Balaban J connectivity index is 2.73. The molecule has 0 aliphatic rings. The van der Waals surface area contributed by atoms with Gasteiger partial charge >= 0.3 is 5.97 Å². The first-order valence-corrected chi connectivity index (χ1v) is 6.29. The van der Waals surface area contributed by atoms with Crippen molar-refractivity contribution in [3.63, 3.8) is 0 Å². The molecule has 5 heteroatoms. The number of nitrogens with one attached hydrogen (secondary N) is 1. The lowest BCUT2D eigenvalue weighted by molar-refractivity contribution is -0.139. The predicted octanol–water partition coefficient (Wildman–Crippen LogP) is 1.41. The van der Waals surface area contributed by atoms with Gasteiger partial charge in [-0.25, -0.2) is 0 Å². The number of likely N-dealkylation sites (N-methyl/N-ethyl adjacent to an activating group) is 1. The van der Waals surface area contributed by atoms with E-state index in [1.54, 1.807) is 4.90 Å². The summed E-state index contributed by atoms with van der Waals surface area (Å²) in [5, 5.41) is 11.5. The van der Waals surface area contributed by atoms with Crippen molar-refractivity contribution in [2.45, 2.75) is 26.8 Å². The molecule has 0 fully saturated rings. The molecule has 0 aliphatic heterocycles. The first kappa shape index (κ1) is 15.2. The largest absolute Gasteiger partial charge is 0.480 e. The number of carbonyl (C=O) groups is 2. The number of para-hydroxylation sites is 1. The summed E-state index contributed by atoms with van der Waals surface area (Å²) in [6, 6.07) is 6.89. The molecule has 1 rings (SSSR count). The number of aliphatic carboxylic acids is 1. The molecule has 1 amide bonds. The van der Waals surface area contributed by atoms with Crippen LogP contribution in [-0.2, 0) is 9.59 Å². The summed E-state index contributed by atoms with van der Waals surface area (Å²) in [7, 11) is 0. The average molecular weight is 264 g/mol. The summed E-state index contributed by atoms with van der Waals surface area (Å²) in [5.41, 5.74) is 1.88. The van der Waals surface area contributed by atoms with Crippen LogP contribution in [0.4, 0.5) is 5.69 Å². The Morgan fingerprint density at radius 2 is 2.00 bits per heavy atom. The number of nitrogens with zero attached hydrogens (tertiary/aromatic N) is 1. The third-order valence-electron chi connectivity index (χ3n) is 2.95. The van der Waals surface area contributed by atoms with E-state index in [9.17, 15) is 9.59 Å². The predicted molar refractivity (Wildman–Crippen MR) is 74.3 cm³/mol. The van der Waals surface area contributed by atoms with Gasteiger partial charge in [-0.1, -0.05) is 18.2 Å². The maximum Gasteiger partial charge on any atom is 0.320 e. The maximum atomic E-state index is 12.1. The van der Waals surface area contributed by atoms with Crippen LogP contribution in [0, 0.1) is 6.92 Å². The first-order valence-electron chi connectivity index (χ1n) is 6.29. The van der Waals surface area contributed by atoms with E-state index >= 15 is 0 Å². The topological polar surface area (TPSA) is 69.6 Å². The molecule has 0 saturated carbocycles. The molecule has 0 saturated heterocycles. The second-order valence-corrected chi connectivity index (χ2v) is 4.37. The third kappa shape index (κ3) is 4.06. The van der Waals surface area contributed by atoms with E-state index < -0.39 is 12.0 Å². The fourth-order valence-corrected chi connectivity index (χ4v) is 1.77. The number of carboxylic acid groups (broad SMARTS) is 1. The van der Waals surface area contributed by atoms with Crippen molar-refractivity contribution in [3.8, 4) is 0 Å². The van der Waals surface area contributed by atoms with Crippen molar-refractivity contribution >= 4 is 17.6 Å². The molecule has 0 aromatic heterocycles. The van der Waals surface area contributed by atoms with Gasteiger partial charge in [0.15, 0.2) is 0 Å². The highest BCUT2D eigenvalue weighted by Crippen LogP contribution is 2.18. The van der Waals surface area contributed by atoms with Crippen LogP contribution in [-0.4, -0.2) is 36.1 Å². The molecule has 0 spiro atoms. The minimum absolute atomic E-state index is 0.00956. The number of aryl methyl sites for hydroxylation is 1. The van der Waals surface area contributed by atoms with E-state index in [2.05, 4.69) is 5.32 Å². The van der Waals surface area contributed by atoms with Crippen LogP contribution in [0.3, 0.4) is 0 Å². The minimum Gasteiger partial charge on any atom is -0.480 e. The Morgan fingerprint density at radius 3 is 2.53 bits per heavy atom. The highest BCUT2D eigenvalue weighted by molar-refractivity contribution is 5.95. The SMILES string of the molecule is CCN(C(=O)CNC(C)C(=O)O)c1ccccc1C. The molecule has 0 aliphatic carbocycles. The Morgan fingerprint density at radius 1 is 1.37 bits per heavy atom. The van der Waals surface area contributed by atoms with Gasteiger partial charge < -0.3 is 10.0 Å². The fraction of sp³-hybridized carbons (Fsp3) is 0.429. The molecular weight excluding hydrogens is 244 g/mol. The van der Waals surface area contributed by atoms with Gasteiger partial charge in [-0.15, -0.1) is 0 Å². The van der Waals surface area contributed by atoms with Crippen LogP contribution < -0.4 is 10.2 Å². The van der Waals surface area contributed by atoms with Crippen molar-refractivity contribution in [1.29, 1.82) is 0 Å². The summed E-state index contributed by atoms with van der Waals surface area (Å²) in [5.74, 6) is -1.10. The number of benzene rings is 1. The Labute approximate surface area is 113 Å². The molecule has 19 heavy (non-hydrogen) atoms. The van der Waals surface area contributed by atoms with Crippen molar-refractivity contribution in [2.75, 3.05) is 18.0 Å². The Kier molecular flexibility index (Phi) is 5.51. The van der Waals surface area contributed by atoms with Gasteiger partial charge in [0.25, 0.3) is 0 Å². The quantitative estimate of drug-likeness (QED) is 0.815. The van der Waals surface area contributed by atoms with Gasteiger partial charge in [0, 0.05) is 12.2 Å². The zero-order chi connectivity index (χ0) is 14.4. The molecule has 1 aromatic carbocycles. The van der Waals surface area contributed by atoms with Gasteiger partial charge in [0.05, 0.1) is 6.54 Å². The normalized spacial score (nSPS) is 11.9. The van der Waals surface area contributed by atoms with Gasteiger partial charge in [0.2, 0.25) is 5.91 Å². The van der Waals surface area contributed by atoms with Crippen molar-refractivity contribution in [1.82, 2.24) is 5.32 Å². The van der Waals surface area contributed by atoms with E-state index in [-0.39, 0.29) is 12.5 Å². The fourth-order valence-electron chi connectivity index (χ4n) is 1.77. The standard InChI is InChI=1S/C14H20N2O3/c1-4-16(12-8-6-5-7-10(12)2)13(17)9-15-11(3)14(18)19/h5-8,11,15H,4,9H2,1-3H3,(H,18,19). The van der Waals surface area contributed by atoms with Gasteiger partial charge in [-0.2, -0.15) is 0 Å². The zero-order valence-corrected chi connectivity index (χ0v) is 11.5. The van der Waals surface area contributed by atoms with Crippen molar-refractivity contribution in [2.24, 2.45) is 0 Å². The van der Waals surface area contributed by atoms with Crippen molar-refractivity contribution < 1.29 is 14.7 Å². The van der Waals surface area contributed by atoms with E-state index in [1.807, 2.05) is 38.1 Å². The Bertz CT molecular complexity index is 460. The summed E-state index contributed by atoms with van der Waals surface area (Å²) in [4.78, 5) is 24.5. The minimum atomic E-state index is -0.966. The molecule has 0 bridgehead atoms. The number of carboxylic acids is 1. The van der Waals surface area contributed by atoms with Gasteiger partial charge in [0.1, 0.15) is 6.04 Å². The van der Waals surface area contributed by atoms with Crippen LogP contribution in [0.15, 0.2) is 24.3 Å². The van der Waals surface area contributed by atoms with E-state index in [1.165, 1.54) is 6.92 Å². The van der Waals surface area contributed by atoms with Crippen LogP contribution in [0.1, 0.15) is 19.4 Å². The first-order chi connectivity index (χ1) is 8.97. The van der Waals surface area contributed by atoms with Gasteiger partial charge in [-0.05, 0) is 32.4 Å². The van der Waals surface area contributed by atoms with Crippen LogP contribution in [0.5, 0.6) is 0 Å². The second kappa shape index (κ2) is 6.89. The number of hydrogen-bond acceptors (Lipinski definition) is 3. The molecule has 1 aromatic rings. The smallest absolute Gasteiger partial charge is 0.320 e. The average Bonchev–Trinajstić information content (AvgIpc) is 2.38. The van der Waals surface area contributed by atoms with Gasteiger partial charge in [-0.3, -0.25) is 14.9 Å². The number of amides is 1. The third-order valence-corrected chi connectivity index (χ3v) is 2.95. The summed E-state index contributed by atoms with van der Waals surface area (Å²) in [6.45, 7) is 5.91. The number of anilines is 1. The Hall–Kier alpha value is -1.88. The molecule has 1 unspecified atom stereocenters. The lowest BCUT2D eigenvalue weighted by Crippen LogP contribution is -2.43. The lowest BCUT2D eigenvalue weighted by atomic mass is 10.2. The number of rotatable bonds is 6. The van der Waals surface area contributed by atoms with Crippen LogP contribution in [0.25, 0.3) is 0 Å². The number of hydrogen-bond donors (Lipinski definition) is 2. The molecule has 0 heterocycles. The molecule has 2 N–H and O–H groups in total. The maximum absolute atomic E-state index is 12.1. The molecular formula is C14H20N2O3. The molecule has 0 radical (unpaired) electrons. The molecule has 1 atom stereocenters. The van der Waals surface area contributed by atoms with E-state index in [0.717, 1.165) is 11.3 Å². The van der Waals surface area contributed by atoms with E-state index in [4.69, 9.17) is 5.11 Å². The second-order valence-electron chi connectivity index (χ2n) is 4.37.